The van der Waals surface area contributed by atoms with Gasteiger partial charge in [-0.25, -0.2) is 9.78 Å². The number of anilines is 1. The second kappa shape index (κ2) is 7.90. The number of hydrogen-bond donors (Lipinski definition) is 2. The second-order valence-corrected chi connectivity index (χ2v) is 7.31. The fourth-order valence-corrected chi connectivity index (χ4v) is 3.64. The number of rotatable bonds is 4. The first-order valence-electron chi connectivity index (χ1n) is 9.99. The molecule has 3 aromatic heterocycles. The Hall–Kier alpha value is -5.03. The minimum atomic E-state index is -1.03. The van der Waals surface area contributed by atoms with Gasteiger partial charge in [0.05, 0.1) is 23.1 Å². The van der Waals surface area contributed by atoms with E-state index >= 15 is 0 Å². The number of carboxylic acids is 1. The van der Waals surface area contributed by atoms with Gasteiger partial charge in [-0.05, 0) is 18.2 Å². The van der Waals surface area contributed by atoms with Crippen LogP contribution in [-0.2, 0) is 0 Å². The standard InChI is InChI=1S/C25H16N6O2/c26-12-19-22(16-6-8-17(9-7-16)25(32)33)30-24-20(14-29-31(24)23(19)27)18-10-11-21(28-13-18)15-4-2-1-3-5-15/h1-11,13-14H,27H2,(H,32,33). The Bertz CT molecular complexity index is 1530. The molecule has 3 N–H and O–H groups in total. The summed E-state index contributed by atoms with van der Waals surface area (Å²) in [4.78, 5) is 20.4. The summed E-state index contributed by atoms with van der Waals surface area (Å²) in [7, 11) is 0. The van der Waals surface area contributed by atoms with Crippen molar-refractivity contribution in [2.75, 3.05) is 5.73 Å². The molecule has 0 spiro atoms. The minimum Gasteiger partial charge on any atom is -0.478 e. The maximum Gasteiger partial charge on any atom is 0.335 e. The molecule has 0 saturated heterocycles. The van der Waals surface area contributed by atoms with Crippen molar-refractivity contribution in [1.82, 2.24) is 19.6 Å². The van der Waals surface area contributed by atoms with Crippen molar-refractivity contribution in [2.45, 2.75) is 0 Å². The molecule has 2 aromatic carbocycles. The van der Waals surface area contributed by atoms with Crippen molar-refractivity contribution >= 4 is 17.4 Å². The number of carbonyl (C=O) groups is 1. The molecule has 5 aromatic rings. The first kappa shape index (κ1) is 19.9. The number of pyridine rings is 1. The number of aromatic carboxylic acids is 1. The van der Waals surface area contributed by atoms with E-state index < -0.39 is 5.97 Å². The number of benzene rings is 2. The molecule has 0 unspecified atom stereocenters. The number of nitrogens with zero attached hydrogens (tertiary/aromatic N) is 5. The number of carboxylic acid groups (broad SMARTS) is 1. The van der Waals surface area contributed by atoms with Crippen LogP contribution in [0.15, 0.2) is 79.1 Å². The van der Waals surface area contributed by atoms with Gasteiger partial charge in [-0.1, -0.05) is 48.5 Å². The van der Waals surface area contributed by atoms with Crippen molar-refractivity contribution in [1.29, 1.82) is 5.26 Å². The smallest absolute Gasteiger partial charge is 0.335 e. The Morgan fingerprint density at radius 3 is 2.30 bits per heavy atom. The summed E-state index contributed by atoms with van der Waals surface area (Å²) in [5.74, 6) is -0.880. The summed E-state index contributed by atoms with van der Waals surface area (Å²) in [6, 6.07) is 21.9. The van der Waals surface area contributed by atoms with Gasteiger partial charge in [0, 0.05) is 28.5 Å². The van der Waals surface area contributed by atoms with Gasteiger partial charge in [-0.3, -0.25) is 4.98 Å². The highest BCUT2D eigenvalue weighted by molar-refractivity contribution is 5.89. The Labute approximate surface area is 188 Å². The van der Waals surface area contributed by atoms with E-state index in [-0.39, 0.29) is 16.9 Å². The number of aromatic nitrogens is 4. The predicted octanol–water partition coefficient (Wildman–Crippen LogP) is 4.28. The van der Waals surface area contributed by atoms with E-state index in [1.165, 1.54) is 16.6 Å². The van der Waals surface area contributed by atoms with Crippen LogP contribution >= 0.6 is 0 Å². The molecule has 0 aliphatic rings. The maximum atomic E-state index is 11.2. The Morgan fingerprint density at radius 1 is 0.939 bits per heavy atom. The molecule has 33 heavy (non-hydrogen) atoms. The van der Waals surface area contributed by atoms with Crippen LogP contribution in [0.2, 0.25) is 0 Å². The fourth-order valence-electron chi connectivity index (χ4n) is 3.64. The highest BCUT2D eigenvalue weighted by Crippen LogP contribution is 2.31. The fraction of sp³-hybridized carbons (Fsp3) is 0. The molecule has 0 fully saturated rings. The van der Waals surface area contributed by atoms with E-state index in [0.717, 1.165) is 16.8 Å². The Kier molecular flexibility index (Phi) is 4.77. The molecule has 0 aliphatic heterocycles. The molecular weight excluding hydrogens is 416 g/mol. The summed E-state index contributed by atoms with van der Waals surface area (Å²) in [6.07, 6.45) is 3.38. The lowest BCUT2D eigenvalue weighted by molar-refractivity contribution is 0.0697. The normalized spacial score (nSPS) is 10.8. The van der Waals surface area contributed by atoms with E-state index in [1.54, 1.807) is 24.5 Å². The summed E-state index contributed by atoms with van der Waals surface area (Å²) in [6.45, 7) is 0. The SMILES string of the molecule is N#Cc1c(-c2ccc(C(=O)O)cc2)nc2c(-c3ccc(-c4ccccc4)nc3)cnn2c1N. The van der Waals surface area contributed by atoms with E-state index in [0.29, 0.717) is 22.5 Å². The van der Waals surface area contributed by atoms with Gasteiger partial charge in [-0.15, -0.1) is 0 Å². The number of nitrogen functional groups attached to an aromatic ring is 1. The average Bonchev–Trinajstić information content (AvgIpc) is 3.29. The number of nitriles is 1. The van der Waals surface area contributed by atoms with Crippen molar-refractivity contribution in [3.63, 3.8) is 0 Å². The van der Waals surface area contributed by atoms with E-state index in [9.17, 15) is 10.1 Å². The number of nitrogens with two attached hydrogens (primary N) is 1. The predicted molar refractivity (Wildman–Crippen MR) is 123 cm³/mol. The topological polar surface area (TPSA) is 130 Å². The Morgan fingerprint density at radius 2 is 1.67 bits per heavy atom. The van der Waals surface area contributed by atoms with Gasteiger partial charge in [0.15, 0.2) is 5.65 Å². The third-order valence-electron chi connectivity index (χ3n) is 5.34. The molecule has 0 aliphatic carbocycles. The van der Waals surface area contributed by atoms with Crippen LogP contribution < -0.4 is 5.73 Å². The van der Waals surface area contributed by atoms with Gasteiger partial charge in [0.2, 0.25) is 0 Å². The molecule has 0 radical (unpaired) electrons. The lowest BCUT2D eigenvalue weighted by atomic mass is 10.0. The van der Waals surface area contributed by atoms with Crippen LogP contribution in [0.3, 0.4) is 0 Å². The summed E-state index contributed by atoms with van der Waals surface area (Å²) in [5.41, 5.74) is 11.3. The zero-order chi connectivity index (χ0) is 22.9. The van der Waals surface area contributed by atoms with Crippen LogP contribution in [0.25, 0.3) is 39.3 Å². The zero-order valence-corrected chi connectivity index (χ0v) is 17.2. The van der Waals surface area contributed by atoms with E-state index in [4.69, 9.17) is 15.8 Å². The van der Waals surface area contributed by atoms with Gasteiger partial charge in [0.25, 0.3) is 0 Å². The number of hydrogen-bond acceptors (Lipinski definition) is 6. The van der Waals surface area contributed by atoms with Crippen LogP contribution in [0.1, 0.15) is 15.9 Å². The van der Waals surface area contributed by atoms with Crippen molar-refractivity contribution in [3.8, 4) is 39.7 Å². The van der Waals surface area contributed by atoms with Crippen LogP contribution in [0.5, 0.6) is 0 Å². The molecule has 0 saturated carbocycles. The van der Waals surface area contributed by atoms with Crippen LogP contribution in [-0.4, -0.2) is 30.7 Å². The zero-order valence-electron chi connectivity index (χ0n) is 17.2. The van der Waals surface area contributed by atoms with Crippen LogP contribution in [0.4, 0.5) is 5.82 Å². The molecular formula is C25H16N6O2. The summed E-state index contributed by atoms with van der Waals surface area (Å²) in [5, 5.41) is 23.2. The molecule has 8 heteroatoms. The largest absolute Gasteiger partial charge is 0.478 e. The van der Waals surface area contributed by atoms with E-state index in [2.05, 4.69) is 16.2 Å². The van der Waals surface area contributed by atoms with E-state index in [1.807, 2.05) is 42.5 Å². The molecule has 5 rings (SSSR count). The van der Waals surface area contributed by atoms with Gasteiger partial charge in [-0.2, -0.15) is 14.9 Å². The third-order valence-corrected chi connectivity index (χ3v) is 5.34. The van der Waals surface area contributed by atoms with Gasteiger partial charge >= 0.3 is 5.97 Å². The lowest BCUT2D eigenvalue weighted by Crippen LogP contribution is -2.06. The minimum absolute atomic E-state index is 0.140. The maximum absolute atomic E-state index is 11.2. The molecule has 0 amide bonds. The van der Waals surface area contributed by atoms with Gasteiger partial charge in [0.1, 0.15) is 17.5 Å². The highest BCUT2D eigenvalue weighted by atomic mass is 16.4. The summed E-state index contributed by atoms with van der Waals surface area (Å²) >= 11 is 0. The molecule has 0 atom stereocenters. The average molecular weight is 432 g/mol. The molecule has 158 valence electrons. The first-order valence-corrected chi connectivity index (χ1v) is 9.99. The third kappa shape index (κ3) is 3.43. The molecule has 8 nitrogen and oxygen atoms in total. The van der Waals surface area contributed by atoms with Crippen LogP contribution in [0, 0.1) is 11.3 Å². The molecule has 3 heterocycles. The number of fused-ring (bicyclic) bond motifs is 1. The second-order valence-electron chi connectivity index (χ2n) is 7.31. The van der Waals surface area contributed by atoms with Crippen molar-refractivity contribution < 1.29 is 9.90 Å². The molecule has 0 bridgehead atoms. The lowest BCUT2D eigenvalue weighted by Gasteiger charge is -2.09. The van der Waals surface area contributed by atoms with Crippen molar-refractivity contribution in [2.24, 2.45) is 0 Å². The summed E-state index contributed by atoms with van der Waals surface area (Å²) < 4.78 is 1.42. The van der Waals surface area contributed by atoms with Crippen molar-refractivity contribution in [3.05, 3.63) is 90.3 Å². The quantitative estimate of drug-likeness (QED) is 0.433. The monoisotopic (exact) mass is 432 g/mol. The highest BCUT2D eigenvalue weighted by Gasteiger charge is 2.19. The first-order chi connectivity index (χ1) is 16.1. The van der Waals surface area contributed by atoms with Gasteiger partial charge < -0.3 is 10.8 Å². The Balaban J connectivity index is 1.63.